The smallest absolute Gasteiger partial charge is 0.320 e. The molecule has 0 aliphatic carbocycles. The molecular formula is C21H28N4O3. The van der Waals surface area contributed by atoms with E-state index in [1.165, 1.54) is 0 Å². The summed E-state index contributed by atoms with van der Waals surface area (Å²) in [5.41, 5.74) is 0.884. The minimum atomic E-state index is -0.0540. The molecule has 2 saturated heterocycles. The Morgan fingerprint density at radius 3 is 2.61 bits per heavy atom. The van der Waals surface area contributed by atoms with Gasteiger partial charge in [-0.15, -0.1) is 0 Å². The van der Waals surface area contributed by atoms with Gasteiger partial charge in [0.15, 0.2) is 0 Å². The Morgan fingerprint density at radius 2 is 1.93 bits per heavy atom. The van der Waals surface area contributed by atoms with E-state index in [9.17, 15) is 4.79 Å². The highest BCUT2D eigenvalue weighted by molar-refractivity contribution is 5.75. The summed E-state index contributed by atoms with van der Waals surface area (Å²) in [5, 5.41) is 4.22. The molecule has 0 N–H and O–H groups in total. The molecule has 2 aliphatic rings. The van der Waals surface area contributed by atoms with E-state index in [1.54, 1.807) is 0 Å². The van der Waals surface area contributed by atoms with Crippen molar-refractivity contribution >= 4 is 6.03 Å². The molecule has 0 unspecified atom stereocenters. The normalized spacial score (nSPS) is 21.2. The van der Waals surface area contributed by atoms with Crippen LogP contribution in [0.3, 0.4) is 0 Å². The summed E-state index contributed by atoms with van der Waals surface area (Å²) in [6.45, 7) is 8.22. The standard InChI is InChI=1S/C21H28N4O3/c1-3-24(4-2)20(26)25-14-17(21(15-25)10-12-27-13-11-21)19-22-18(23-28-19)16-8-6-5-7-9-16/h5-9,17H,3-4,10-15H2,1-2H3/t17-/m0/s1. The summed E-state index contributed by atoms with van der Waals surface area (Å²) in [6.07, 6.45) is 1.81. The zero-order valence-corrected chi connectivity index (χ0v) is 16.6. The summed E-state index contributed by atoms with van der Waals surface area (Å²) in [6, 6.07) is 9.94. The molecule has 4 rings (SSSR count). The summed E-state index contributed by atoms with van der Waals surface area (Å²) in [7, 11) is 0. The topological polar surface area (TPSA) is 71.7 Å². The maximum Gasteiger partial charge on any atom is 0.320 e. The average Bonchev–Trinajstić information content (AvgIpc) is 3.35. The van der Waals surface area contributed by atoms with Crippen molar-refractivity contribution in [2.45, 2.75) is 32.6 Å². The van der Waals surface area contributed by atoms with Gasteiger partial charge in [0.25, 0.3) is 0 Å². The fourth-order valence-electron chi connectivity index (χ4n) is 4.51. The third kappa shape index (κ3) is 3.39. The molecule has 0 bridgehead atoms. The number of carbonyl (C=O) groups excluding carboxylic acids is 1. The molecule has 1 atom stereocenters. The second-order valence-electron chi connectivity index (χ2n) is 7.68. The number of ether oxygens (including phenoxy) is 1. The monoisotopic (exact) mass is 384 g/mol. The lowest BCUT2D eigenvalue weighted by Crippen LogP contribution is -2.43. The molecule has 7 heteroatoms. The first kappa shape index (κ1) is 18.9. The van der Waals surface area contributed by atoms with Crippen LogP contribution in [0.25, 0.3) is 11.4 Å². The fourth-order valence-corrected chi connectivity index (χ4v) is 4.51. The number of carbonyl (C=O) groups is 1. The molecule has 1 aromatic carbocycles. The molecule has 28 heavy (non-hydrogen) atoms. The van der Waals surface area contributed by atoms with Crippen LogP contribution < -0.4 is 0 Å². The molecule has 150 valence electrons. The Morgan fingerprint density at radius 1 is 1.21 bits per heavy atom. The Kier molecular flexibility index (Phi) is 5.35. The summed E-state index contributed by atoms with van der Waals surface area (Å²) in [4.78, 5) is 21.6. The number of amides is 2. The number of nitrogens with zero attached hydrogens (tertiary/aromatic N) is 4. The summed E-state index contributed by atoms with van der Waals surface area (Å²) >= 11 is 0. The number of rotatable bonds is 4. The lowest BCUT2D eigenvalue weighted by molar-refractivity contribution is 0.00896. The first-order chi connectivity index (χ1) is 13.7. The van der Waals surface area contributed by atoms with Crippen molar-refractivity contribution in [2.75, 3.05) is 39.4 Å². The van der Waals surface area contributed by atoms with Crippen molar-refractivity contribution in [3.05, 3.63) is 36.2 Å². The highest BCUT2D eigenvalue weighted by Crippen LogP contribution is 2.49. The van der Waals surface area contributed by atoms with E-state index in [0.29, 0.717) is 44.6 Å². The van der Waals surface area contributed by atoms with Crippen molar-refractivity contribution in [3.63, 3.8) is 0 Å². The van der Waals surface area contributed by atoms with Gasteiger partial charge in [0.05, 0.1) is 5.92 Å². The molecule has 2 aliphatic heterocycles. The Balaban J connectivity index is 1.62. The van der Waals surface area contributed by atoms with Crippen molar-refractivity contribution in [1.82, 2.24) is 19.9 Å². The first-order valence-electron chi connectivity index (χ1n) is 10.2. The van der Waals surface area contributed by atoms with Crippen LogP contribution in [0.15, 0.2) is 34.9 Å². The van der Waals surface area contributed by atoms with Crippen LogP contribution in [-0.4, -0.2) is 65.4 Å². The Bertz CT molecular complexity index is 797. The van der Waals surface area contributed by atoms with E-state index < -0.39 is 0 Å². The molecule has 1 spiro atoms. The zero-order chi connectivity index (χ0) is 19.6. The minimum Gasteiger partial charge on any atom is -0.381 e. The number of aromatic nitrogens is 2. The van der Waals surface area contributed by atoms with E-state index in [4.69, 9.17) is 14.2 Å². The van der Waals surface area contributed by atoms with Gasteiger partial charge in [-0.1, -0.05) is 35.5 Å². The highest BCUT2D eigenvalue weighted by atomic mass is 16.5. The number of benzene rings is 1. The number of hydrogen-bond acceptors (Lipinski definition) is 5. The largest absolute Gasteiger partial charge is 0.381 e. The fraction of sp³-hybridized carbons (Fsp3) is 0.571. The van der Waals surface area contributed by atoms with E-state index >= 15 is 0 Å². The van der Waals surface area contributed by atoms with Gasteiger partial charge in [-0.25, -0.2) is 4.79 Å². The SMILES string of the molecule is CCN(CC)C(=O)N1C[C@@H](c2nc(-c3ccccc3)no2)C2(CCOCC2)C1. The molecule has 3 heterocycles. The third-order valence-electron chi connectivity index (χ3n) is 6.21. The molecule has 7 nitrogen and oxygen atoms in total. The quantitative estimate of drug-likeness (QED) is 0.808. The van der Waals surface area contributed by atoms with Gasteiger partial charge < -0.3 is 19.1 Å². The molecule has 0 saturated carbocycles. The molecular weight excluding hydrogens is 356 g/mol. The number of urea groups is 1. The van der Waals surface area contributed by atoms with Crippen LogP contribution in [0.5, 0.6) is 0 Å². The van der Waals surface area contributed by atoms with Crippen LogP contribution in [0.2, 0.25) is 0 Å². The Hall–Kier alpha value is -2.41. The van der Waals surface area contributed by atoms with Gasteiger partial charge in [-0.2, -0.15) is 4.98 Å². The van der Waals surface area contributed by atoms with Crippen molar-refractivity contribution in [3.8, 4) is 11.4 Å². The molecule has 1 aromatic heterocycles. The van der Waals surface area contributed by atoms with Crippen LogP contribution in [0.1, 0.15) is 38.5 Å². The van der Waals surface area contributed by atoms with Crippen LogP contribution >= 0.6 is 0 Å². The Labute approximate surface area is 165 Å². The van der Waals surface area contributed by atoms with Gasteiger partial charge in [0, 0.05) is 50.4 Å². The zero-order valence-electron chi connectivity index (χ0n) is 16.6. The second-order valence-corrected chi connectivity index (χ2v) is 7.68. The maximum atomic E-state index is 13.0. The van der Waals surface area contributed by atoms with Gasteiger partial charge in [0.2, 0.25) is 11.7 Å². The number of likely N-dealkylation sites (tertiary alicyclic amines) is 1. The van der Waals surface area contributed by atoms with Gasteiger partial charge in [-0.05, 0) is 26.7 Å². The van der Waals surface area contributed by atoms with Crippen LogP contribution in [0, 0.1) is 5.41 Å². The summed E-state index contributed by atoms with van der Waals surface area (Å²) in [5.74, 6) is 1.28. The summed E-state index contributed by atoms with van der Waals surface area (Å²) < 4.78 is 11.3. The predicted octanol–water partition coefficient (Wildman–Crippen LogP) is 3.39. The molecule has 2 amide bonds. The van der Waals surface area contributed by atoms with Crippen molar-refractivity contribution < 1.29 is 14.1 Å². The predicted molar refractivity (Wildman–Crippen MR) is 105 cm³/mol. The third-order valence-corrected chi connectivity index (χ3v) is 6.21. The average molecular weight is 384 g/mol. The van der Waals surface area contributed by atoms with Crippen LogP contribution in [0.4, 0.5) is 4.79 Å². The molecule has 0 radical (unpaired) electrons. The van der Waals surface area contributed by atoms with E-state index in [-0.39, 0.29) is 17.4 Å². The van der Waals surface area contributed by atoms with Crippen molar-refractivity contribution in [2.24, 2.45) is 5.41 Å². The lowest BCUT2D eigenvalue weighted by atomic mass is 9.72. The van der Waals surface area contributed by atoms with E-state index in [0.717, 1.165) is 24.9 Å². The van der Waals surface area contributed by atoms with E-state index in [2.05, 4.69) is 5.16 Å². The minimum absolute atomic E-state index is 0.0425. The maximum absolute atomic E-state index is 13.0. The van der Waals surface area contributed by atoms with Gasteiger partial charge in [-0.3, -0.25) is 0 Å². The van der Waals surface area contributed by atoms with Crippen LogP contribution in [-0.2, 0) is 4.74 Å². The second kappa shape index (κ2) is 7.91. The van der Waals surface area contributed by atoms with Gasteiger partial charge in [0.1, 0.15) is 0 Å². The van der Waals surface area contributed by atoms with Gasteiger partial charge >= 0.3 is 6.03 Å². The molecule has 2 aromatic rings. The first-order valence-corrected chi connectivity index (χ1v) is 10.2. The highest BCUT2D eigenvalue weighted by Gasteiger charge is 2.52. The molecule has 2 fully saturated rings. The lowest BCUT2D eigenvalue weighted by Gasteiger charge is -2.36. The van der Waals surface area contributed by atoms with Crippen molar-refractivity contribution in [1.29, 1.82) is 0 Å². The number of hydrogen-bond donors (Lipinski definition) is 0. The van der Waals surface area contributed by atoms with E-state index in [1.807, 2.05) is 54.0 Å².